The fourth-order valence-corrected chi connectivity index (χ4v) is 5.49. The second-order valence-electron chi connectivity index (χ2n) is 12.0. The Morgan fingerprint density at radius 3 is 2.41 bits per heavy atom. The van der Waals surface area contributed by atoms with E-state index in [1.54, 1.807) is 11.9 Å². The van der Waals surface area contributed by atoms with Crippen molar-refractivity contribution in [1.82, 2.24) is 16.0 Å². The zero-order valence-electron chi connectivity index (χ0n) is 25.8. The maximum absolute atomic E-state index is 14.1. The van der Waals surface area contributed by atoms with Gasteiger partial charge in [-0.1, -0.05) is 67.6 Å². The number of carbonyl (C=O) groups excluding carboxylic acids is 3. The van der Waals surface area contributed by atoms with Crippen molar-refractivity contribution >= 4 is 29.2 Å². The van der Waals surface area contributed by atoms with Crippen LogP contribution in [0.4, 0.5) is 16.2 Å². The number of hydrogen-bond acceptors (Lipinski definition) is 6. The molecule has 4 amide bonds. The Bertz CT molecular complexity index is 1460. The van der Waals surface area contributed by atoms with E-state index < -0.39 is 17.7 Å². The summed E-state index contributed by atoms with van der Waals surface area (Å²) in [7, 11) is 1.57. The molecule has 0 spiro atoms. The monoisotopic (exact) mass is 601 g/mol. The molecule has 10 heteroatoms. The molecule has 0 radical (unpaired) electrons. The number of hydrogen-bond donors (Lipinski definition) is 6. The largest absolute Gasteiger partial charge is 0.394 e. The van der Waals surface area contributed by atoms with Gasteiger partial charge in [0.2, 0.25) is 11.8 Å². The molecule has 2 unspecified atom stereocenters. The number of anilines is 2. The van der Waals surface area contributed by atoms with Gasteiger partial charge in [0.25, 0.3) is 0 Å². The Balaban J connectivity index is 1.54. The van der Waals surface area contributed by atoms with E-state index in [0.29, 0.717) is 18.7 Å². The first-order chi connectivity index (χ1) is 21.0. The summed E-state index contributed by atoms with van der Waals surface area (Å²) in [6, 6.07) is 22.3. The molecule has 4 rings (SSSR count). The van der Waals surface area contributed by atoms with Crippen molar-refractivity contribution in [1.29, 1.82) is 0 Å². The van der Waals surface area contributed by atoms with Gasteiger partial charge < -0.3 is 36.4 Å². The molecule has 1 heterocycles. The second kappa shape index (κ2) is 14.5. The Labute approximate surface area is 258 Å². The van der Waals surface area contributed by atoms with Crippen molar-refractivity contribution in [3.63, 3.8) is 0 Å². The Morgan fingerprint density at radius 1 is 1.02 bits per heavy atom. The number of nitrogens with zero attached hydrogens (tertiary/aromatic N) is 1. The highest BCUT2D eigenvalue weighted by molar-refractivity contribution is 6.01. The highest BCUT2D eigenvalue weighted by Gasteiger charge is 2.35. The lowest BCUT2D eigenvalue weighted by molar-refractivity contribution is -0.128. The van der Waals surface area contributed by atoms with Gasteiger partial charge in [-0.25, -0.2) is 4.79 Å². The molecule has 0 aliphatic carbocycles. The summed E-state index contributed by atoms with van der Waals surface area (Å²) in [6.07, 6.45) is -0.367. The van der Waals surface area contributed by atoms with Crippen LogP contribution in [0.15, 0.2) is 72.8 Å². The fourth-order valence-electron chi connectivity index (χ4n) is 5.49. The van der Waals surface area contributed by atoms with Crippen LogP contribution in [0.5, 0.6) is 0 Å². The van der Waals surface area contributed by atoms with E-state index in [1.807, 2.05) is 86.6 Å². The minimum absolute atomic E-state index is 0.0305. The average Bonchev–Trinajstić information content (AvgIpc) is 3.10. The van der Waals surface area contributed by atoms with Crippen molar-refractivity contribution in [2.75, 3.05) is 30.4 Å². The van der Waals surface area contributed by atoms with Gasteiger partial charge in [-0.05, 0) is 55.0 Å². The molecule has 3 aromatic carbocycles. The molecule has 6 N–H and O–H groups in total. The van der Waals surface area contributed by atoms with E-state index in [9.17, 15) is 19.5 Å². The molecule has 3 atom stereocenters. The van der Waals surface area contributed by atoms with E-state index in [-0.39, 0.29) is 43.3 Å². The third-order valence-electron chi connectivity index (χ3n) is 7.88. The molecule has 0 aromatic heterocycles. The molecule has 10 nitrogen and oxygen atoms in total. The summed E-state index contributed by atoms with van der Waals surface area (Å²) in [5.41, 5.74) is 4.61. The van der Waals surface area contributed by atoms with E-state index in [0.717, 1.165) is 27.9 Å². The third-order valence-corrected chi connectivity index (χ3v) is 7.88. The smallest absolute Gasteiger partial charge is 0.318 e. The number of aliphatic hydroxyl groups excluding tert-OH is 2. The van der Waals surface area contributed by atoms with Gasteiger partial charge in [-0.2, -0.15) is 0 Å². The average molecular weight is 602 g/mol. The zero-order chi connectivity index (χ0) is 31.9. The van der Waals surface area contributed by atoms with Crippen LogP contribution in [-0.4, -0.2) is 65.9 Å². The molecule has 0 bridgehead atoms. The molecule has 3 aromatic rings. The van der Waals surface area contributed by atoms with Crippen molar-refractivity contribution in [3.8, 4) is 11.1 Å². The fraction of sp³-hybridized carbons (Fsp3) is 0.382. The summed E-state index contributed by atoms with van der Waals surface area (Å²) < 4.78 is 0. The SMILES string of the molecule is CNC(=O)Nc1ccccc1-c1ccc(CN2C(=O)C(NC(=O)CC(C)(C)NC[C@H](O)CO)CC(C)c3ccccc32)cc1. The van der Waals surface area contributed by atoms with Gasteiger partial charge in [0.1, 0.15) is 6.04 Å². The first kappa shape index (κ1) is 32.7. The number of nitrogens with one attached hydrogen (secondary N) is 4. The summed E-state index contributed by atoms with van der Waals surface area (Å²) in [5, 5.41) is 30.3. The number of benzene rings is 3. The molecule has 0 saturated heterocycles. The highest BCUT2D eigenvalue weighted by Crippen LogP contribution is 2.36. The Hall–Kier alpha value is -4.25. The summed E-state index contributed by atoms with van der Waals surface area (Å²) in [4.78, 5) is 40.9. The Kier molecular flexibility index (Phi) is 10.7. The number of urea groups is 1. The van der Waals surface area contributed by atoms with Crippen molar-refractivity contribution in [2.45, 2.75) is 63.8 Å². The molecular formula is C34H43N5O5. The molecule has 234 valence electrons. The number of carbonyl (C=O) groups is 3. The van der Waals surface area contributed by atoms with Crippen LogP contribution >= 0.6 is 0 Å². The topological polar surface area (TPSA) is 143 Å². The zero-order valence-corrected chi connectivity index (χ0v) is 25.8. The predicted molar refractivity (Wildman–Crippen MR) is 172 cm³/mol. The van der Waals surface area contributed by atoms with E-state index in [2.05, 4.69) is 28.2 Å². The summed E-state index contributed by atoms with van der Waals surface area (Å²) in [5.74, 6) is -0.422. The molecule has 1 aliphatic rings. The quantitative estimate of drug-likeness (QED) is 0.198. The van der Waals surface area contributed by atoms with Crippen molar-refractivity contribution < 1.29 is 24.6 Å². The van der Waals surface area contributed by atoms with E-state index >= 15 is 0 Å². The predicted octanol–water partition coefficient (Wildman–Crippen LogP) is 3.74. The lowest BCUT2D eigenvalue weighted by Gasteiger charge is -2.29. The van der Waals surface area contributed by atoms with Crippen LogP contribution in [0.2, 0.25) is 0 Å². The number of aliphatic hydroxyl groups is 2. The number of para-hydroxylation sites is 2. The summed E-state index contributed by atoms with van der Waals surface area (Å²) >= 11 is 0. The first-order valence-electron chi connectivity index (χ1n) is 14.9. The van der Waals surface area contributed by atoms with E-state index in [1.165, 1.54) is 0 Å². The van der Waals surface area contributed by atoms with Gasteiger partial charge in [-0.15, -0.1) is 0 Å². The minimum Gasteiger partial charge on any atom is -0.394 e. The second-order valence-corrected chi connectivity index (χ2v) is 12.0. The van der Waals surface area contributed by atoms with Crippen LogP contribution in [-0.2, 0) is 16.1 Å². The van der Waals surface area contributed by atoms with Gasteiger partial charge in [0.15, 0.2) is 0 Å². The summed E-state index contributed by atoms with van der Waals surface area (Å²) in [6.45, 7) is 5.84. The maximum Gasteiger partial charge on any atom is 0.318 e. The first-order valence-corrected chi connectivity index (χ1v) is 14.9. The molecule has 0 saturated carbocycles. The van der Waals surface area contributed by atoms with Crippen LogP contribution < -0.4 is 26.2 Å². The number of rotatable bonds is 11. The molecule has 1 aliphatic heterocycles. The molecule has 44 heavy (non-hydrogen) atoms. The molecular weight excluding hydrogens is 558 g/mol. The van der Waals surface area contributed by atoms with Gasteiger partial charge in [0, 0.05) is 36.8 Å². The van der Waals surface area contributed by atoms with Gasteiger partial charge >= 0.3 is 6.03 Å². The van der Waals surface area contributed by atoms with Crippen LogP contribution in [0.3, 0.4) is 0 Å². The van der Waals surface area contributed by atoms with Crippen LogP contribution in [0.25, 0.3) is 11.1 Å². The highest BCUT2D eigenvalue weighted by atomic mass is 16.3. The Morgan fingerprint density at radius 2 is 1.70 bits per heavy atom. The lowest BCUT2D eigenvalue weighted by atomic mass is 9.93. The standard InChI is InChI=1S/C34H43N5O5/c1-22-17-29(37-31(42)18-34(2,3)36-19-25(41)21-40)32(43)39(30-12-8-6-9-26(22)30)20-23-13-15-24(16-14-23)27-10-5-7-11-28(27)38-33(44)35-4/h5-16,22,25,29,36,40-41H,17-21H2,1-4H3,(H,37,42)(H2,35,38,44)/t22?,25-,29?/m0/s1. The number of amides is 4. The normalized spacial score (nSPS) is 17.3. The van der Waals surface area contributed by atoms with E-state index in [4.69, 9.17) is 5.11 Å². The number of fused-ring (bicyclic) bond motifs is 1. The third kappa shape index (κ3) is 8.22. The van der Waals surface area contributed by atoms with Crippen LogP contribution in [0, 0.1) is 0 Å². The van der Waals surface area contributed by atoms with Crippen molar-refractivity contribution in [3.05, 3.63) is 83.9 Å². The van der Waals surface area contributed by atoms with Gasteiger partial charge in [-0.3, -0.25) is 9.59 Å². The molecule has 0 fully saturated rings. The van der Waals surface area contributed by atoms with Gasteiger partial charge in [0.05, 0.1) is 24.9 Å². The van der Waals surface area contributed by atoms with Crippen molar-refractivity contribution in [2.24, 2.45) is 0 Å². The number of β-amino-alcohol motifs (C(OH)–C–C–N with tert-alkyl or cyclic N) is 1. The lowest BCUT2D eigenvalue weighted by Crippen LogP contribution is -2.51. The maximum atomic E-state index is 14.1. The minimum atomic E-state index is -0.920. The van der Waals surface area contributed by atoms with Crippen LogP contribution in [0.1, 0.15) is 50.7 Å².